The average Bonchev–Trinajstić information content (AvgIpc) is 2.71. The first-order valence-electron chi connectivity index (χ1n) is 8.21. The fraction of sp³-hybridized carbons (Fsp3) is 0.263. The zero-order chi connectivity index (χ0) is 18.7. The second-order valence-electron chi connectivity index (χ2n) is 6.77. The number of urea groups is 1. The fourth-order valence-corrected chi connectivity index (χ4v) is 2.52. The van der Waals surface area contributed by atoms with Crippen molar-refractivity contribution < 1.29 is 14.3 Å². The van der Waals surface area contributed by atoms with Gasteiger partial charge >= 0.3 is 6.03 Å². The Morgan fingerprint density at radius 1 is 1.23 bits per heavy atom. The van der Waals surface area contributed by atoms with Crippen LogP contribution in [0, 0.1) is 5.41 Å². The molecule has 0 atom stereocenters. The van der Waals surface area contributed by atoms with Crippen molar-refractivity contribution in [1.29, 1.82) is 0 Å². The van der Waals surface area contributed by atoms with E-state index >= 15 is 0 Å². The van der Waals surface area contributed by atoms with Crippen LogP contribution in [0.3, 0.4) is 0 Å². The smallest absolute Gasteiger partial charge is 0.319 e. The number of carbonyl (C=O) groups excluding carboxylic acids is 2. The van der Waals surface area contributed by atoms with Gasteiger partial charge in [-0.1, -0.05) is 23.7 Å². The monoisotopic (exact) mass is 373 g/mol. The van der Waals surface area contributed by atoms with E-state index in [1.165, 1.54) is 0 Å². The second kappa shape index (κ2) is 7.25. The number of rotatable bonds is 3. The molecule has 0 aliphatic carbocycles. The zero-order valence-electron chi connectivity index (χ0n) is 14.6. The largest absolute Gasteiger partial charge is 0.490 e. The van der Waals surface area contributed by atoms with Crippen LogP contribution in [0.2, 0.25) is 5.02 Å². The fourth-order valence-electron chi connectivity index (χ4n) is 2.40. The quantitative estimate of drug-likeness (QED) is 0.760. The van der Waals surface area contributed by atoms with Gasteiger partial charge in [-0.05, 0) is 43.7 Å². The number of hydrogen-bond donors (Lipinski definition) is 3. The molecule has 0 fully saturated rings. The van der Waals surface area contributed by atoms with E-state index < -0.39 is 5.41 Å². The van der Waals surface area contributed by atoms with Crippen molar-refractivity contribution >= 4 is 34.9 Å². The average molecular weight is 374 g/mol. The summed E-state index contributed by atoms with van der Waals surface area (Å²) in [5.41, 5.74) is 1.49. The van der Waals surface area contributed by atoms with Crippen molar-refractivity contribution in [3.63, 3.8) is 0 Å². The van der Waals surface area contributed by atoms with Crippen LogP contribution >= 0.6 is 11.6 Å². The molecule has 3 N–H and O–H groups in total. The summed E-state index contributed by atoms with van der Waals surface area (Å²) in [4.78, 5) is 24.2. The highest BCUT2D eigenvalue weighted by atomic mass is 35.5. The van der Waals surface area contributed by atoms with E-state index in [1.54, 1.807) is 30.3 Å². The van der Waals surface area contributed by atoms with E-state index in [0.717, 1.165) is 5.56 Å². The molecule has 0 unspecified atom stereocenters. The molecular weight excluding hydrogens is 354 g/mol. The summed E-state index contributed by atoms with van der Waals surface area (Å²) in [5.74, 6) is 0.428. The minimum absolute atomic E-state index is 0.0994. The van der Waals surface area contributed by atoms with Crippen LogP contribution in [0.4, 0.5) is 16.2 Å². The lowest BCUT2D eigenvalue weighted by molar-refractivity contribution is -0.124. The Labute approximate surface area is 156 Å². The Morgan fingerprint density at radius 3 is 2.69 bits per heavy atom. The standard InChI is InChI=1S/C19H20ClN3O3/c1-19(2)11-26-16-9-14(7-8-15(16)23-17(19)24)22-18(25)21-10-12-3-5-13(20)6-4-12/h3-9H,10-11H2,1-2H3,(H,23,24)(H2,21,22,25). The van der Waals surface area contributed by atoms with E-state index in [1.807, 2.05) is 26.0 Å². The van der Waals surface area contributed by atoms with Crippen molar-refractivity contribution in [2.45, 2.75) is 20.4 Å². The third-order valence-corrected chi connectivity index (χ3v) is 4.31. The van der Waals surface area contributed by atoms with Crippen LogP contribution in [0.15, 0.2) is 42.5 Å². The van der Waals surface area contributed by atoms with Gasteiger partial charge in [0, 0.05) is 23.3 Å². The highest BCUT2D eigenvalue weighted by Crippen LogP contribution is 2.34. The molecule has 2 aromatic carbocycles. The SMILES string of the molecule is CC1(C)COc2cc(NC(=O)NCc3ccc(Cl)cc3)ccc2NC1=O. The molecular formula is C19H20ClN3O3. The van der Waals surface area contributed by atoms with Gasteiger partial charge in [-0.25, -0.2) is 4.79 Å². The van der Waals surface area contributed by atoms with Gasteiger partial charge in [-0.15, -0.1) is 0 Å². The van der Waals surface area contributed by atoms with Crippen LogP contribution < -0.4 is 20.7 Å². The molecule has 1 aliphatic heterocycles. The Morgan fingerprint density at radius 2 is 1.96 bits per heavy atom. The number of nitrogens with one attached hydrogen (secondary N) is 3. The minimum Gasteiger partial charge on any atom is -0.490 e. The Kier molecular flexibility index (Phi) is 5.04. The summed E-state index contributed by atoms with van der Waals surface area (Å²) in [6.45, 7) is 4.28. The van der Waals surface area contributed by atoms with E-state index in [9.17, 15) is 9.59 Å². The van der Waals surface area contributed by atoms with Gasteiger partial charge in [0.2, 0.25) is 5.91 Å². The minimum atomic E-state index is -0.622. The lowest BCUT2D eigenvalue weighted by atomic mass is 9.94. The first-order valence-corrected chi connectivity index (χ1v) is 8.59. The van der Waals surface area contributed by atoms with Gasteiger partial charge in [0.25, 0.3) is 0 Å². The second-order valence-corrected chi connectivity index (χ2v) is 7.21. The Bertz CT molecular complexity index is 834. The number of fused-ring (bicyclic) bond motifs is 1. The van der Waals surface area contributed by atoms with Crippen LogP contribution in [-0.4, -0.2) is 18.5 Å². The van der Waals surface area contributed by atoms with Crippen LogP contribution in [0.25, 0.3) is 0 Å². The van der Waals surface area contributed by atoms with E-state index in [-0.39, 0.29) is 18.5 Å². The highest BCUT2D eigenvalue weighted by molar-refractivity contribution is 6.30. The summed E-state index contributed by atoms with van der Waals surface area (Å²) >= 11 is 5.84. The molecule has 3 rings (SSSR count). The topological polar surface area (TPSA) is 79.5 Å². The van der Waals surface area contributed by atoms with Crippen LogP contribution in [0.5, 0.6) is 5.75 Å². The molecule has 6 nitrogen and oxygen atoms in total. The van der Waals surface area contributed by atoms with Gasteiger partial charge in [-0.2, -0.15) is 0 Å². The van der Waals surface area contributed by atoms with Gasteiger partial charge in [-0.3, -0.25) is 4.79 Å². The summed E-state index contributed by atoms with van der Waals surface area (Å²) in [7, 11) is 0. The van der Waals surface area contributed by atoms with Gasteiger partial charge in [0.15, 0.2) is 0 Å². The van der Waals surface area contributed by atoms with Crippen molar-refractivity contribution in [2.24, 2.45) is 5.41 Å². The Balaban J connectivity index is 1.62. The molecule has 3 amide bonds. The number of amides is 3. The Hall–Kier alpha value is -2.73. The van der Waals surface area contributed by atoms with Gasteiger partial charge in [0.05, 0.1) is 11.1 Å². The van der Waals surface area contributed by atoms with Crippen molar-refractivity contribution in [2.75, 3.05) is 17.2 Å². The maximum atomic E-state index is 12.1. The molecule has 1 heterocycles. The molecule has 26 heavy (non-hydrogen) atoms. The summed E-state index contributed by atoms with van der Waals surface area (Å²) in [6.07, 6.45) is 0. The molecule has 0 saturated heterocycles. The van der Waals surface area contributed by atoms with Crippen molar-refractivity contribution in [3.8, 4) is 5.75 Å². The zero-order valence-corrected chi connectivity index (χ0v) is 15.3. The van der Waals surface area contributed by atoms with E-state index in [0.29, 0.717) is 28.7 Å². The molecule has 2 aromatic rings. The molecule has 0 spiro atoms. The molecule has 136 valence electrons. The first-order chi connectivity index (χ1) is 12.3. The number of ether oxygens (including phenoxy) is 1. The molecule has 1 aliphatic rings. The third-order valence-electron chi connectivity index (χ3n) is 4.06. The summed E-state index contributed by atoms with van der Waals surface area (Å²) in [6, 6.07) is 12.0. The number of hydrogen-bond acceptors (Lipinski definition) is 3. The molecule has 7 heteroatoms. The maximum Gasteiger partial charge on any atom is 0.319 e. The number of anilines is 2. The van der Waals surface area contributed by atoms with E-state index in [2.05, 4.69) is 16.0 Å². The number of carbonyl (C=O) groups is 2. The first kappa shape index (κ1) is 18.1. The predicted molar refractivity (Wildman–Crippen MR) is 102 cm³/mol. The highest BCUT2D eigenvalue weighted by Gasteiger charge is 2.32. The summed E-state index contributed by atoms with van der Waals surface area (Å²) < 4.78 is 5.73. The molecule has 0 radical (unpaired) electrons. The normalized spacial score (nSPS) is 15.1. The molecule has 0 bridgehead atoms. The van der Waals surface area contributed by atoms with Crippen LogP contribution in [0.1, 0.15) is 19.4 Å². The van der Waals surface area contributed by atoms with Gasteiger partial charge in [0.1, 0.15) is 12.4 Å². The lowest BCUT2D eigenvalue weighted by Crippen LogP contribution is -2.33. The lowest BCUT2D eigenvalue weighted by Gasteiger charge is -2.18. The molecule has 0 aromatic heterocycles. The number of halogens is 1. The third kappa shape index (κ3) is 4.26. The van der Waals surface area contributed by atoms with Gasteiger partial charge < -0.3 is 20.7 Å². The molecule has 0 saturated carbocycles. The number of benzene rings is 2. The van der Waals surface area contributed by atoms with E-state index in [4.69, 9.17) is 16.3 Å². The van der Waals surface area contributed by atoms with Crippen molar-refractivity contribution in [3.05, 3.63) is 53.1 Å². The van der Waals surface area contributed by atoms with Crippen LogP contribution in [-0.2, 0) is 11.3 Å². The maximum absolute atomic E-state index is 12.1. The predicted octanol–water partition coefficient (Wildman–Crippen LogP) is 4.02. The summed E-state index contributed by atoms with van der Waals surface area (Å²) in [5, 5.41) is 9.03. The van der Waals surface area contributed by atoms with Crippen molar-refractivity contribution in [1.82, 2.24) is 5.32 Å².